The monoisotopic (exact) mass is 463 g/mol. The summed E-state index contributed by atoms with van der Waals surface area (Å²) in [5, 5.41) is 0. The van der Waals surface area contributed by atoms with Gasteiger partial charge in [-0.05, 0) is 34.8 Å². The molecule has 0 radical (unpaired) electrons. The SMILES string of the molecule is COC(=O)C1=CC2=C(c3ccccc3)C(=O)CC2C(Cc2ccccc2)N(Cc2ccccc2)C1. The third kappa shape index (κ3) is 4.89. The Labute approximate surface area is 206 Å². The first-order valence-electron chi connectivity index (χ1n) is 12.1. The number of hydrogen-bond donors (Lipinski definition) is 0. The highest BCUT2D eigenvalue weighted by molar-refractivity contribution is 6.25. The molecule has 3 aromatic carbocycles. The lowest BCUT2D eigenvalue weighted by molar-refractivity contribution is -0.136. The molecule has 1 heterocycles. The Morgan fingerprint density at radius 2 is 1.49 bits per heavy atom. The van der Waals surface area contributed by atoms with Gasteiger partial charge in [-0.25, -0.2) is 4.79 Å². The number of carbonyl (C=O) groups is 2. The van der Waals surface area contributed by atoms with Crippen LogP contribution in [0.15, 0.2) is 108 Å². The standard InChI is InChI=1S/C31H29NO3/c1-35-31(34)25-18-27-26(19-29(33)30(27)24-15-9-4-10-16-24)28(17-22-11-5-2-6-12-22)32(21-25)20-23-13-7-3-8-14-23/h2-16,18,26,28H,17,19-21H2,1H3. The van der Waals surface area contributed by atoms with Crippen LogP contribution in [-0.2, 0) is 27.3 Å². The Morgan fingerprint density at radius 3 is 2.11 bits per heavy atom. The number of benzene rings is 3. The van der Waals surface area contributed by atoms with Crippen LogP contribution in [0.5, 0.6) is 0 Å². The zero-order valence-electron chi connectivity index (χ0n) is 19.9. The van der Waals surface area contributed by atoms with Crippen LogP contribution in [0.1, 0.15) is 23.1 Å². The minimum absolute atomic E-state index is 0.0104. The molecule has 0 amide bonds. The second-order valence-corrected chi connectivity index (χ2v) is 9.24. The van der Waals surface area contributed by atoms with Gasteiger partial charge < -0.3 is 4.74 Å². The van der Waals surface area contributed by atoms with Crippen molar-refractivity contribution in [1.29, 1.82) is 0 Å². The van der Waals surface area contributed by atoms with Gasteiger partial charge in [0.25, 0.3) is 0 Å². The van der Waals surface area contributed by atoms with Crippen molar-refractivity contribution in [3.63, 3.8) is 0 Å². The van der Waals surface area contributed by atoms with Crippen molar-refractivity contribution in [3.8, 4) is 0 Å². The molecule has 0 fully saturated rings. The Bertz CT molecular complexity index is 1260. The van der Waals surface area contributed by atoms with E-state index >= 15 is 0 Å². The normalized spacial score (nSPS) is 20.3. The molecule has 2 atom stereocenters. The lowest BCUT2D eigenvalue weighted by Crippen LogP contribution is -2.42. The van der Waals surface area contributed by atoms with Crippen molar-refractivity contribution in [1.82, 2.24) is 4.90 Å². The van der Waals surface area contributed by atoms with Gasteiger partial charge in [-0.3, -0.25) is 9.69 Å². The molecule has 0 saturated carbocycles. The third-order valence-corrected chi connectivity index (χ3v) is 7.04. The summed E-state index contributed by atoms with van der Waals surface area (Å²) in [7, 11) is 1.42. The molecule has 1 aliphatic heterocycles. The predicted molar refractivity (Wildman–Crippen MR) is 137 cm³/mol. The average Bonchev–Trinajstić information content (AvgIpc) is 3.15. The minimum Gasteiger partial charge on any atom is -0.466 e. The maximum Gasteiger partial charge on any atom is 0.335 e. The van der Waals surface area contributed by atoms with Crippen LogP contribution in [0.25, 0.3) is 5.57 Å². The molecule has 4 nitrogen and oxygen atoms in total. The van der Waals surface area contributed by atoms with E-state index in [1.54, 1.807) is 0 Å². The summed E-state index contributed by atoms with van der Waals surface area (Å²) in [6, 6.07) is 30.6. The van der Waals surface area contributed by atoms with Crippen LogP contribution in [0.4, 0.5) is 0 Å². The number of ether oxygens (including phenoxy) is 1. The van der Waals surface area contributed by atoms with Gasteiger partial charge >= 0.3 is 5.97 Å². The summed E-state index contributed by atoms with van der Waals surface area (Å²) in [5.41, 5.74) is 5.58. The zero-order chi connectivity index (χ0) is 24.2. The first-order chi connectivity index (χ1) is 17.1. The maximum absolute atomic E-state index is 13.4. The fourth-order valence-corrected chi connectivity index (χ4v) is 5.41. The summed E-state index contributed by atoms with van der Waals surface area (Å²) in [5.74, 6) is -0.221. The van der Waals surface area contributed by atoms with Crippen LogP contribution < -0.4 is 0 Å². The summed E-state index contributed by atoms with van der Waals surface area (Å²) in [6.45, 7) is 1.15. The van der Waals surface area contributed by atoms with Gasteiger partial charge in [-0.2, -0.15) is 0 Å². The lowest BCUT2D eigenvalue weighted by atomic mass is 9.87. The molecule has 2 aliphatic rings. The van der Waals surface area contributed by atoms with Crippen LogP contribution in [-0.4, -0.2) is 36.3 Å². The highest BCUT2D eigenvalue weighted by Crippen LogP contribution is 2.43. The van der Waals surface area contributed by atoms with Gasteiger partial charge in [0, 0.05) is 37.0 Å². The van der Waals surface area contributed by atoms with Gasteiger partial charge in [0.05, 0.1) is 12.7 Å². The molecular formula is C31H29NO3. The van der Waals surface area contributed by atoms with Crippen LogP contribution in [0, 0.1) is 5.92 Å². The Morgan fingerprint density at radius 1 is 0.886 bits per heavy atom. The molecule has 4 heteroatoms. The number of ketones is 1. The maximum atomic E-state index is 13.4. The number of fused-ring (bicyclic) bond motifs is 1. The summed E-state index contributed by atoms with van der Waals surface area (Å²) in [6.07, 6.45) is 3.17. The first-order valence-corrected chi connectivity index (χ1v) is 12.1. The molecule has 2 unspecified atom stereocenters. The van der Waals surface area contributed by atoms with Crippen molar-refractivity contribution in [3.05, 3.63) is 125 Å². The fraction of sp³-hybridized carbons (Fsp3) is 0.226. The van der Waals surface area contributed by atoms with Gasteiger partial charge in [0.15, 0.2) is 5.78 Å². The van der Waals surface area contributed by atoms with E-state index in [0.29, 0.717) is 25.1 Å². The Balaban J connectivity index is 1.64. The minimum atomic E-state index is -0.346. The van der Waals surface area contributed by atoms with E-state index in [-0.39, 0.29) is 23.7 Å². The van der Waals surface area contributed by atoms with Crippen molar-refractivity contribution >= 4 is 17.3 Å². The topological polar surface area (TPSA) is 46.6 Å². The molecule has 176 valence electrons. The van der Waals surface area contributed by atoms with E-state index in [4.69, 9.17) is 4.74 Å². The van der Waals surface area contributed by atoms with Crippen LogP contribution in [0.3, 0.4) is 0 Å². The Hall–Kier alpha value is -3.76. The number of Topliss-reactive ketones (excluding diaryl/α,β-unsaturated/α-hetero) is 1. The van der Waals surface area contributed by atoms with E-state index in [9.17, 15) is 9.59 Å². The second-order valence-electron chi connectivity index (χ2n) is 9.24. The third-order valence-electron chi connectivity index (χ3n) is 7.04. The summed E-state index contributed by atoms with van der Waals surface area (Å²) in [4.78, 5) is 28.7. The van der Waals surface area contributed by atoms with Crippen LogP contribution >= 0.6 is 0 Å². The van der Waals surface area contributed by atoms with Crippen molar-refractivity contribution in [2.24, 2.45) is 5.92 Å². The van der Waals surface area contributed by atoms with Crippen molar-refractivity contribution in [2.75, 3.05) is 13.7 Å². The number of esters is 1. The molecule has 0 bridgehead atoms. The van der Waals surface area contributed by atoms with Crippen molar-refractivity contribution in [2.45, 2.75) is 25.4 Å². The fourth-order valence-electron chi connectivity index (χ4n) is 5.41. The molecule has 3 aromatic rings. The Kier molecular flexibility index (Phi) is 6.73. The molecule has 0 spiro atoms. The molecule has 0 saturated heterocycles. The molecule has 35 heavy (non-hydrogen) atoms. The molecule has 0 aromatic heterocycles. The number of hydrogen-bond acceptors (Lipinski definition) is 4. The first kappa shape index (κ1) is 23.0. The largest absolute Gasteiger partial charge is 0.466 e. The zero-order valence-corrected chi connectivity index (χ0v) is 19.9. The number of rotatable bonds is 6. The smallest absolute Gasteiger partial charge is 0.335 e. The van der Waals surface area contributed by atoms with E-state index < -0.39 is 0 Å². The number of nitrogens with zero attached hydrogens (tertiary/aromatic N) is 1. The van der Waals surface area contributed by atoms with E-state index in [2.05, 4.69) is 41.3 Å². The molecule has 0 N–H and O–H groups in total. The molecule has 1 aliphatic carbocycles. The quantitative estimate of drug-likeness (QED) is 0.468. The molecule has 5 rings (SSSR count). The number of carbonyl (C=O) groups excluding carboxylic acids is 2. The highest BCUT2D eigenvalue weighted by Gasteiger charge is 2.42. The summed E-state index contributed by atoms with van der Waals surface area (Å²) >= 11 is 0. The summed E-state index contributed by atoms with van der Waals surface area (Å²) < 4.78 is 5.17. The van der Waals surface area contributed by atoms with Gasteiger partial charge in [-0.15, -0.1) is 0 Å². The van der Waals surface area contributed by atoms with Gasteiger partial charge in [0.1, 0.15) is 0 Å². The predicted octanol–water partition coefficient (Wildman–Crippen LogP) is 5.26. The lowest BCUT2D eigenvalue weighted by Gasteiger charge is -2.35. The van der Waals surface area contributed by atoms with E-state index in [1.807, 2.05) is 60.7 Å². The van der Waals surface area contributed by atoms with Gasteiger partial charge in [-0.1, -0.05) is 91.0 Å². The van der Waals surface area contributed by atoms with E-state index in [0.717, 1.165) is 23.1 Å². The van der Waals surface area contributed by atoms with Gasteiger partial charge in [0.2, 0.25) is 0 Å². The van der Waals surface area contributed by atoms with Crippen LogP contribution in [0.2, 0.25) is 0 Å². The highest BCUT2D eigenvalue weighted by atomic mass is 16.5. The number of allylic oxidation sites excluding steroid dienone is 2. The number of methoxy groups -OCH3 is 1. The molecular weight excluding hydrogens is 434 g/mol. The van der Waals surface area contributed by atoms with E-state index in [1.165, 1.54) is 18.2 Å². The van der Waals surface area contributed by atoms with Crippen molar-refractivity contribution < 1.29 is 14.3 Å². The average molecular weight is 464 g/mol. The second kappa shape index (κ2) is 10.2.